The maximum Gasteiger partial charge on any atom is 0.309 e. The highest BCUT2D eigenvalue weighted by atomic mass is 19.1. The molecule has 0 N–H and O–H groups in total. The summed E-state index contributed by atoms with van der Waals surface area (Å²) in [5.41, 5.74) is 1.04. The van der Waals surface area contributed by atoms with Crippen LogP contribution in [0.3, 0.4) is 0 Å². The summed E-state index contributed by atoms with van der Waals surface area (Å²) < 4.78 is 17.7. The lowest BCUT2D eigenvalue weighted by atomic mass is 9.75. The third-order valence-corrected chi connectivity index (χ3v) is 3.57. The first-order valence-corrected chi connectivity index (χ1v) is 6.05. The molecule has 2 atom stereocenters. The molecular weight excluding hydrogens is 219 g/mol. The second kappa shape index (κ2) is 5.30. The van der Waals surface area contributed by atoms with Gasteiger partial charge in [-0.15, -0.1) is 0 Å². The number of hydrogen-bond donors (Lipinski definition) is 0. The molecule has 1 aromatic carbocycles. The Morgan fingerprint density at radius 1 is 1.24 bits per heavy atom. The fourth-order valence-electron chi connectivity index (χ4n) is 2.67. The van der Waals surface area contributed by atoms with E-state index in [1.54, 1.807) is 12.1 Å². The normalized spacial score (nSPS) is 24.4. The monoisotopic (exact) mass is 236 g/mol. The van der Waals surface area contributed by atoms with Crippen molar-refractivity contribution < 1.29 is 13.9 Å². The topological polar surface area (TPSA) is 26.3 Å². The second-order valence-corrected chi connectivity index (χ2v) is 4.57. The number of rotatable bonds is 2. The molecule has 0 heterocycles. The van der Waals surface area contributed by atoms with Crippen molar-refractivity contribution in [2.45, 2.75) is 31.6 Å². The van der Waals surface area contributed by atoms with E-state index in [1.165, 1.54) is 19.2 Å². The lowest BCUT2D eigenvalue weighted by molar-refractivity contribution is -0.147. The molecule has 0 amide bonds. The lowest BCUT2D eigenvalue weighted by Gasteiger charge is -2.29. The van der Waals surface area contributed by atoms with Crippen LogP contribution < -0.4 is 0 Å². The average Bonchev–Trinajstić information content (AvgIpc) is 2.39. The van der Waals surface area contributed by atoms with Crippen LogP contribution in [0.2, 0.25) is 0 Å². The van der Waals surface area contributed by atoms with E-state index in [1.807, 2.05) is 0 Å². The Morgan fingerprint density at radius 2 is 1.88 bits per heavy atom. The van der Waals surface area contributed by atoms with Crippen LogP contribution in [0.1, 0.15) is 37.2 Å². The van der Waals surface area contributed by atoms with Crippen LogP contribution in [0.4, 0.5) is 4.39 Å². The number of carbonyl (C=O) groups is 1. The lowest BCUT2D eigenvalue weighted by Crippen LogP contribution is -2.26. The summed E-state index contributed by atoms with van der Waals surface area (Å²) in [5.74, 6) is -0.269. The first kappa shape index (κ1) is 12.1. The Morgan fingerprint density at radius 3 is 2.53 bits per heavy atom. The Labute approximate surface area is 101 Å². The van der Waals surface area contributed by atoms with Crippen molar-refractivity contribution >= 4 is 5.97 Å². The number of ether oxygens (including phenoxy) is 1. The van der Waals surface area contributed by atoms with Crippen molar-refractivity contribution in [3.8, 4) is 0 Å². The van der Waals surface area contributed by atoms with Crippen molar-refractivity contribution in [2.75, 3.05) is 7.11 Å². The molecule has 2 rings (SSSR count). The fourth-order valence-corrected chi connectivity index (χ4v) is 2.67. The van der Waals surface area contributed by atoms with Crippen LogP contribution in [0.5, 0.6) is 0 Å². The molecule has 1 aromatic rings. The van der Waals surface area contributed by atoms with Gasteiger partial charge in [0.25, 0.3) is 0 Å². The van der Waals surface area contributed by atoms with Gasteiger partial charge in [-0.3, -0.25) is 4.79 Å². The molecule has 0 radical (unpaired) electrons. The molecule has 0 bridgehead atoms. The van der Waals surface area contributed by atoms with Crippen LogP contribution in [-0.4, -0.2) is 13.1 Å². The SMILES string of the molecule is COC(=O)C1CCCCC1c1ccc(F)cc1. The van der Waals surface area contributed by atoms with E-state index in [4.69, 9.17) is 4.74 Å². The maximum absolute atomic E-state index is 12.9. The number of halogens is 1. The van der Waals surface area contributed by atoms with Gasteiger partial charge in [-0.2, -0.15) is 0 Å². The maximum atomic E-state index is 12.9. The number of hydrogen-bond acceptors (Lipinski definition) is 2. The van der Waals surface area contributed by atoms with E-state index >= 15 is 0 Å². The van der Waals surface area contributed by atoms with Crippen molar-refractivity contribution in [3.63, 3.8) is 0 Å². The second-order valence-electron chi connectivity index (χ2n) is 4.57. The Kier molecular flexibility index (Phi) is 3.77. The Bertz CT molecular complexity index is 386. The Balaban J connectivity index is 2.21. The summed E-state index contributed by atoms with van der Waals surface area (Å²) in [4.78, 5) is 11.7. The Hall–Kier alpha value is -1.38. The van der Waals surface area contributed by atoms with Crippen molar-refractivity contribution in [1.82, 2.24) is 0 Å². The highest BCUT2D eigenvalue weighted by Gasteiger charge is 2.32. The van der Waals surface area contributed by atoms with Gasteiger partial charge >= 0.3 is 5.97 Å². The van der Waals surface area contributed by atoms with Gasteiger partial charge in [0.2, 0.25) is 0 Å². The van der Waals surface area contributed by atoms with Gasteiger partial charge in [0, 0.05) is 0 Å². The van der Waals surface area contributed by atoms with Gasteiger partial charge in [-0.25, -0.2) is 4.39 Å². The highest BCUT2D eigenvalue weighted by molar-refractivity contribution is 5.73. The highest BCUT2D eigenvalue weighted by Crippen LogP contribution is 2.38. The largest absolute Gasteiger partial charge is 0.469 e. The first-order chi connectivity index (χ1) is 8.22. The van der Waals surface area contributed by atoms with Gasteiger partial charge in [-0.05, 0) is 36.5 Å². The first-order valence-electron chi connectivity index (χ1n) is 6.05. The van der Waals surface area contributed by atoms with Gasteiger partial charge in [0.05, 0.1) is 13.0 Å². The third kappa shape index (κ3) is 2.65. The van der Waals surface area contributed by atoms with Crippen LogP contribution in [0.15, 0.2) is 24.3 Å². The minimum Gasteiger partial charge on any atom is -0.469 e. The number of benzene rings is 1. The molecule has 1 fully saturated rings. The zero-order chi connectivity index (χ0) is 12.3. The number of methoxy groups -OCH3 is 1. The van der Waals surface area contributed by atoms with E-state index in [2.05, 4.69) is 0 Å². The van der Waals surface area contributed by atoms with E-state index < -0.39 is 0 Å². The summed E-state index contributed by atoms with van der Waals surface area (Å²) in [6.07, 6.45) is 4.03. The predicted octanol–water partition coefficient (Wildman–Crippen LogP) is 3.27. The molecule has 1 aliphatic carbocycles. The molecule has 1 aliphatic rings. The molecule has 2 unspecified atom stereocenters. The molecule has 92 valence electrons. The zero-order valence-electron chi connectivity index (χ0n) is 9.99. The molecule has 0 aromatic heterocycles. The molecule has 0 aliphatic heterocycles. The van der Waals surface area contributed by atoms with Crippen LogP contribution >= 0.6 is 0 Å². The van der Waals surface area contributed by atoms with E-state index in [9.17, 15) is 9.18 Å². The molecule has 0 spiro atoms. The summed E-state index contributed by atoms with van der Waals surface area (Å²) in [7, 11) is 1.43. The standard InChI is InChI=1S/C14H17FO2/c1-17-14(16)13-5-3-2-4-12(13)10-6-8-11(15)9-7-10/h6-9,12-13H,2-5H2,1H3. The van der Waals surface area contributed by atoms with Crippen LogP contribution in [-0.2, 0) is 9.53 Å². The molecule has 2 nitrogen and oxygen atoms in total. The third-order valence-electron chi connectivity index (χ3n) is 3.57. The molecule has 1 saturated carbocycles. The van der Waals surface area contributed by atoms with Crippen molar-refractivity contribution in [2.24, 2.45) is 5.92 Å². The minimum atomic E-state index is -0.237. The van der Waals surface area contributed by atoms with Crippen LogP contribution in [0.25, 0.3) is 0 Å². The summed E-state index contributed by atoms with van der Waals surface area (Å²) in [6.45, 7) is 0. The van der Waals surface area contributed by atoms with E-state index in [-0.39, 0.29) is 23.6 Å². The minimum absolute atomic E-state index is 0.0702. The average molecular weight is 236 g/mol. The molecule has 17 heavy (non-hydrogen) atoms. The van der Waals surface area contributed by atoms with Gasteiger partial charge in [0.1, 0.15) is 5.82 Å². The fraction of sp³-hybridized carbons (Fsp3) is 0.500. The number of carbonyl (C=O) groups excluding carboxylic acids is 1. The summed E-state index contributed by atoms with van der Waals surface area (Å²) in [5, 5.41) is 0. The number of esters is 1. The van der Waals surface area contributed by atoms with Crippen molar-refractivity contribution in [1.29, 1.82) is 0 Å². The molecular formula is C14H17FO2. The van der Waals surface area contributed by atoms with E-state index in [0.29, 0.717) is 0 Å². The van der Waals surface area contributed by atoms with Gasteiger partial charge in [0.15, 0.2) is 0 Å². The van der Waals surface area contributed by atoms with Crippen molar-refractivity contribution in [3.05, 3.63) is 35.6 Å². The predicted molar refractivity (Wildman–Crippen MR) is 63.1 cm³/mol. The van der Waals surface area contributed by atoms with Gasteiger partial charge < -0.3 is 4.74 Å². The summed E-state index contributed by atoms with van der Waals surface area (Å²) in [6, 6.07) is 6.47. The zero-order valence-corrected chi connectivity index (χ0v) is 9.99. The van der Waals surface area contributed by atoms with Crippen LogP contribution in [0, 0.1) is 11.7 Å². The quantitative estimate of drug-likeness (QED) is 0.737. The molecule has 3 heteroatoms. The van der Waals surface area contributed by atoms with E-state index in [0.717, 1.165) is 31.2 Å². The van der Waals surface area contributed by atoms with Gasteiger partial charge in [-0.1, -0.05) is 25.0 Å². The molecule has 0 saturated heterocycles. The summed E-state index contributed by atoms with van der Waals surface area (Å²) >= 11 is 0. The smallest absolute Gasteiger partial charge is 0.309 e.